The van der Waals surface area contributed by atoms with Crippen molar-refractivity contribution in [3.05, 3.63) is 89.7 Å². The number of fused-ring (bicyclic) bond motifs is 1. The lowest BCUT2D eigenvalue weighted by Crippen LogP contribution is -2.37. The van der Waals surface area contributed by atoms with Crippen molar-refractivity contribution >= 4 is 42.6 Å². The van der Waals surface area contributed by atoms with Crippen LogP contribution in [0.3, 0.4) is 0 Å². The summed E-state index contributed by atoms with van der Waals surface area (Å²) in [6, 6.07) is 20.2. The van der Waals surface area contributed by atoms with Gasteiger partial charge in [0.25, 0.3) is 5.91 Å². The van der Waals surface area contributed by atoms with Crippen LogP contribution in [-0.4, -0.2) is 36.7 Å². The highest BCUT2D eigenvalue weighted by Crippen LogP contribution is 2.32. The van der Waals surface area contributed by atoms with Crippen LogP contribution >= 0.6 is 11.3 Å². The Hall–Kier alpha value is -3.14. The molecule has 0 aliphatic carbocycles. The van der Waals surface area contributed by atoms with Crippen LogP contribution in [0.15, 0.2) is 77.7 Å². The number of halogens is 1. The van der Waals surface area contributed by atoms with Gasteiger partial charge < -0.3 is 0 Å². The van der Waals surface area contributed by atoms with Crippen LogP contribution in [0.5, 0.6) is 0 Å². The van der Waals surface area contributed by atoms with E-state index in [0.717, 1.165) is 5.56 Å². The van der Waals surface area contributed by atoms with E-state index in [0.29, 0.717) is 28.5 Å². The van der Waals surface area contributed by atoms with Crippen LogP contribution in [0, 0.1) is 17.7 Å². The zero-order valence-electron chi connectivity index (χ0n) is 22.0. The fourth-order valence-corrected chi connectivity index (χ4v) is 6.92. The molecule has 4 aromatic rings. The van der Waals surface area contributed by atoms with Gasteiger partial charge in [0.2, 0.25) is 10.0 Å². The second-order valence-corrected chi connectivity index (χ2v) is 13.0. The summed E-state index contributed by atoms with van der Waals surface area (Å²) in [5, 5.41) is 0.371. The minimum Gasteiger partial charge on any atom is -0.279 e. The van der Waals surface area contributed by atoms with Gasteiger partial charge in [-0.25, -0.2) is 17.8 Å². The Bertz CT molecular complexity index is 1490. The van der Waals surface area contributed by atoms with E-state index in [1.165, 1.54) is 50.9 Å². The Kier molecular flexibility index (Phi) is 8.60. The number of amides is 1. The number of hydrogen-bond donors (Lipinski definition) is 0. The maximum Gasteiger partial charge on any atom is 0.260 e. The van der Waals surface area contributed by atoms with E-state index in [1.807, 2.05) is 58.0 Å². The molecule has 0 aliphatic rings. The fourth-order valence-electron chi connectivity index (χ4n) is 4.17. The zero-order valence-corrected chi connectivity index (χ0v) is 23.6. The number of thiazole rings is 1. The minimum atomic E-state index is -3.72. The van der Waals surface area contributed by atoms with E-state index < -0.39 is 15.8 Å². The Morgan fingerprint density at radius 2 is 1.53 bits per heavy atom. The number of para-hydroxylation sites is 1. The highest BCUT2D eigenvalue weighted by Gasteiger charge is 2.27. The summed E-state index contributed by atoms with van der Waals surface area (Å²) in [7, 11) is -3.72. The molecule has 9 heteroatoms. The summed E-state index contributed by atoms with van der Waals surface area (Å²) in [5.41, 5.74) is 1.42. The van der Waals surface area contributed by atoms with Gasteiger partial charge in [0.1, 0.15) is 11.3 Å². The fraction of sp³-hybridized carbons (Fsp3) is 0.310. The van der Waals surface area contributed by atoms with Crippen LogP contribution in [0.25, 0.3) is 10.2 Å². The molecular weight excluding hydrogens is 521 g/mol. The Morgan fingerprint density at radius 1 is 0.895 bits per heavy atom. The summed E-state index contributed by atoms with van der Waals surface area (Å²) in [6.07, 6.45) is 0. The van der Waals surface area contributed by atoms with Crippen molar-refractivity contribution in [2.75, 3.05) is 18.0 Å². The van der Waals surface area contributed by atoms with E-state index in [1.54, 1.807) is 12.1 Å². The molecule has 0 aliphatic heterocycles. The molecule has 0 saturated carbocycles. The molecule has 0 saturated heterocycles. The average Bonchev–Trinajstić information content (AvgIpc) is 3.32. The van der Waals surface area contributed by atoms with Crippen molar-refractivity contribution in [1.29, 1.82) is 0 Å². The van der Waals surface area contributed by atoms with Gasteiger partial charge in [0, 0.05) is 18.7 Å². The van der Waals surface area contributed by atoms with Crippen molar-refractivity contribution in [1.82, 2.24) is 9.29 Å². The molecule has 0 unspecified atom stereocenters. The number of aromatic nitrogens is 1. The first-order chi connectivity index (χ1) is 18.1. The second-order valence-electron chi connectivity index (χ2n) is 10.1. The molecule has 6 nitrogen and oxygen atoms in total. The van der Waals surface area contributed by atoms with Gasteiger partial charge in [-0.05, 0) is 53.8 Å². The molecule has 38 heavy (non-hydrogen) atoms. The van der Waals surface area contributed by atoms with Crippen LogP contribution < -0.4 is 4.90 Å². The number of carbonyl (C=O) groups is 1. The molecule has 3 aromatic carbocycles. The molecule has 0 bridgehead atoms. The highest BCUT2D eigenvalue weighted by atomic mass is 32.2. The maximum atomic E-state index is 14.4. The normalized spacial score (nSPS) is 12.1. The average molecular weight is 554 g/mol. The van der Waals surface area contributed by atoms with Crippen molar-refractivity contribution in [2.45, 2.75) is 39.1 Å². The van der Waals surface area contributed by atoms with E-state index in [9.17, 15) is 17.6 Å². The van der Waals surface area contributed by atoms with Crippen LogP contribution in [0.1, 0.15) is 43.6 Å². The van der Waals surface area contributed by atoms with Crippen molar-refractivity contribution < 1.29 is 17.6 Å². The second kappa shape index (κ2) is 11.7. The molecule has 0 fully saturated rings. The van der Waals surface area contributed by atoms with Crippen LogP contribution in [0.2, 0.25) is 0 Å². The number of rotatable bonds is 10. The topological polar surface area (TPSA) is 70.6 Å². The predicted molar refractivity (Wildman–Crippen MR) is 151 cm³/mol. The molecule has 200 valence electrons. The van der Waals surface area contributed by atoms with E-state index in [4.69, 9.17) is 0 Å². The highest BCUT2D eigenvalue weighted by molar-refractivity contribution is 7.89. The number of nitrogens with zero attached hydrogens (tertiary/aromatic N) is 3. The summed E-state index contributed by atoms with van der Waals surface area (Å²) >= 11 is 1.24. The third-order valence-corrected chi connectivity index (χ3v) is 8.78. The van der Waals surface area contributed by atoms with Gasteiger partial charge >= 0.3 is 0 Å². The molecule has 0 atom stereocenters. The first kappa shape index (κ1) is 27.9. The third kappa shape index (κ3) is 6.28. The quantitative estimate of drug-likeness (QED) is 0.222. The third-order valence-electron chi connectivity index (χ3n) is 5.89. The number of benzene rings is 3. The van der Waals surface area contributed by atoms with Crippen LogP contribution in [0.4, 0.5) is 9.52 Å². The van der Waals surface area contributed by atoms with E-state index in [2.05, 4.69) is 4.98 Å². The molecular formula is C29H32FN3O3S2. The summed E-state index contributed by atoms with van der Waals surface area (Å²) in [5.74, 6) is -0.443. The lowest BCUT2D eigenvalue weighted by atomic mass is 10.1. The number of carbonyl (C=O) groups excluding carboxylic acids is 1. The Balaban J connectivity index is 1.67. The number of anilines is 1. The maximum absolute atomic E-state index is 14.4. The molecule has 1 amide bonds. The first-order valence-corrected chi connectivity index (χ1v) is 14.8. The van der Waals surface area contributed by atoms with Crippen molar-refractivity contribution in [3.63, 3.8) is 0 Å². The number of hydrogen-bond acceptors (Lipinski definition) is 5. The Morgan fingerprint density at radius 3 is 2.11 bits per heavy atom. The van der Waals surface area contributed by atoms with Crippen molar-refractivity contribution in [2.24, 2.45) is 11.8 Å². The molecule has 0 N–H and O–H groups in total. The first-order valence-electron chi connectivity index (χ1n) is 12.6. The van der Waals surface area contributed by atoms with Gasteiger partial charge in [-0.2, -0.15) is 4.31 Å². The largest absolute Gasteiger partial charge is 0.279 e. The summed E-state index contributed by atoms with van der Waals surface area (Å²) in [6.45, 7) is 9.01. The number of sulfonamides is 1. The minimum absolute atomic E-state index is 0.145. The van der Waals surface area contributed by atoms with Crippen LogP contribution in [-0.2, 0) is 16.6 Å². The summed E-state index contributed by atoms with van der Waals surface area (Å²) in [4.78, 5) is 19.8. The lowest BCUT2D eigenvalue weighted by molar-refractivity contribution is 0.0985. The predicted octanol–water partition coefficient (Wildman–Crippen LogP) is 6.59. The van der Waals surface area contributed by atoms with Gasteiger partial charge in [-0.3, -0.25) is 9.69 Å². The molecule has 0 radical (unpaired) electrons. The SMILES string of the molecule is CC(C)CN(CC(C)C)S(=O)(=O)c1ccc(C(=O)N(Cc2ccccc2)c2nc3c(F)cccc3s2)cc1. The zero-order chi connectivity index (χ0) is 27.4. The molecule has 1 heterocycles. The monoisotopic (exact) mass is 553 g/mol. The smallest absolute Gasteiger partial charge is 0.260 e. The lowest BCUT2D eigenvalue weighted by Gasteiger charge is -2.26. The van der Waals surface area contributed by atoms with E-state index in [-0.39, 0.29) is 34.7 Å². The molecule has 1 aromatic heterocycles. The summed E-state index contributed by atoms with van der Waals surface area (Å²) < 4.78 is 43.3. The van der Waals surface area contributed by atoms with Gasteiger partial charge in [-0.1, -0.05) is 75.4 Å². The Labute approximate surface area is 227 Å². The van der Waals surface area contributed by atoms with Crippen molar-refractivity contribution in [3.8, 4) is 0 Å². The molecule has 4 rings (SSSR count). The molecule has 0 spiro atoms. The van der Waals surface area contributed by atoms with E-state index >= 15 is 0 Å². The van der Waals surface area contributed by atoms with Gasteiger partial charge in [0.05, 0.1) is 16.1 Å². The van der Waals surface area contributed by atoms with Gasteiger partial charge in [-0.15, -0.1) is 0 Å². The standard InChI is InChI=1S/C29H32FN3O3S2/c1-20(2)17-32(18-21(3)4)38(35,36)24-15-13-23(14-16-24)28(34)33(19-22-9-6-5-7-10-22)29-31-27-25(30)11-8-12-26(27)37-29/h5-16,20-21H,17-19H2,1-4H3. The van der Waals surface area contributed by atoms with Gasteiger partial charge in [0.15, 0.2) is 5.13 Å².